The molecular weight excluding hydrogens is 426 g/mol. The van der Waals surface area contributed by atoms with E-state index in [1.54, 1.807) is 0 Å². The van der Waals surface area contributed by atoms with Crippen molar-refractivity contribution in [1.82, 2.24) is 15.0 Å². The normalized spacial score (nSPS) is 17.1. The summed E-state index contributed by atoms with van der Waals surface area (Å²) in [6, 6.07) is 14.3. The zero-order chi connectivity index (χ0) is 23.5. The Labute approximate surface area is 201 Å². The molecule has 1 saturated heterocycles. The van der Waals surface area contributed by atoms with E-state index in [9.17, 15) is 4.79 Å². The number of aryl methyl sites for hydroxylation is 2. The van der Waals surface area contributed by atoms with E-state index in [1.165, 1.54) is 30.4 Å². The lowest BCUT2D eigenvalue weighted by atomic mass is 9.89. The second kappa shape index (κ2) is 9.87. The van der Waals surface area contributed by atoms with Crippen LogP contribution in [0.5, 0.6) is 0 Å². The van der Waals surface area contributed by atoms with Gasteiger partial charge in [0.05, 0.1) is 0 Å². The monoisotopic (exact) mass is 459 g/mol. The van der Waals surface area contributed by atoms with E-state index < -0.39 is 0 Å². The first-order valence-corrected chi connectivity index (χ1v) is 12.4. The third-order valence-corrected chi connectivity index (χ3v) is 7.21. The van der Waals surface area contributed by atoms with E-state index in [1.807, 2.05) is 23.1 Å². The van der Waals surface area contributed by atoms with Crippen LogP contribution in [-0.4, -0.2) is 47.3 Å². The summed E-state index contributed by atoms with van der Waals surface area (Å²) in [5.41, 5.74) is 5.37. The summed E-state index contributed by atoms with van der Waals surface area (Å²) in [5, 5.41) is 7.26. The van der Waals surface area contributed by atoms with Gasteiger partial charge in [0.2, 0.25) is 11.7 Å². The number of carbonyl (C=O) groups excluding carboxylic acids is 1. The van der Waals surface area contributed by atoms with Gasteiger partial charge in [0.25, 0.3) is 0 Å². The van der Waals surface area contributed by atoms with Gasteiger partial charge in [-0.05, 0) is 74.2 Å². The molecule has 7 nitrogen and oxygen atoms in total. The van der Waals surface area contributed by atoms with E-state index in [0.29, 0.717) is 24.8 Å². The van der Waals surface area contributed by atoms with Crippen molar-refractivity contribution in [2.24, 2.45) is 0 Å². The summed E-state index contributed by atoms with van der Waals surface area (Å²) < 4.78 is 5.58. The Bertz CT molecular complexity index is 1130. The van der Waals surface area contributed by atoms with Crippen molar-refractivity contribution in [3.63, 3.8) is 0 Å². The Balaban J connectivity index is 1.16. The number of amides is 2. The molecule has 2 amide bonds. The fourth-order valence-corrected chi connectivity index (χ4v) is 4.88. The van der Waals surface area contributed by atoms with Crippen molar-refractivity contribution in [1.29, 1.82) is 0 Å². The lowest BCUT2D eigenvalue weighted by molar-refractivity contribution is 0.208. The summed E-state index contributed by atoms with van der Waals surface area (Å²) >= 11 is 0. The zero-order valence-electron chi connectivity index (χ0n) is 20.1. The minimum absolute atomic E-state index is 0.0378. The molecule has 7 heteroatoms. The van der Waals surface area contributed by atoms with Crippen molar-refractivity contribution >= 4 is 17.4 Å². The lowest BCUT2D eigenvalue weighted by Gasteiger charge is -2.36. The fraction of sp³-hybridized carbons (Fsp3) is 0.444. The number of nitrogens with zero attached hydrogens (tertiary/aromatic N) is 4. The van der Waals surface area contributed by atoms with E-state index in [-0.39, 0.29) is 6.03 Å². The lowest BCUT2D eigenvalue weighted by Crippen LogP contribution is -2.50. The van der Waals surface area contributed by atoms with E-state index >= 15 is 0 Å². The summed E-state index contributed by atoms with van der Waals surface area (Å²) in [4.78, 5) is 21.6. The quantitative estimate of drug-likeness (QED) is 0.537. The van der Waals surface area contributed by atoms with Crippen LogP contribution in [0.4, 0.5) is 16.2 Å². The molecule has 1 aromatic heterocycles. The molecule has 1 aliphatic carbocycles. The molecule has 2 heterocycles. The van der Waals surface area contributed by atoms with Crippen molar-refractivity contribution in [2.45, 2.75) is 51.9 Å². The summed E-state index contributed by atoms with van der Waals surface area (Å²) in [7, 11) is 0. The molecule has 1 N–H and O–H groups in total. The van der Waals surface area contributed by atoms with Crippen LogP contribution < -0.4 is 10.2 Å². The van der Waals surface area contributed by atoms with Crippen LogP contribution in [0.2, 0.25) is 0 Å². The molecule has 0 spiro atoms. The molecule has 34 heavy (non-hydrogen) atoms. The van der Waals surface area contributed by atoms with Crippen LogP contribution in [0.1, 0.15) is 55.0 Å². The van der Waals surface area contributed by atoms with Gasteiger partial charge in [-0.25, -0.2) is 4.79 Å². The molecule has 5 rings (SSSR count). The van der Waals surface area contributed by atoms with Crippen molar-refractivity contribution in [3.8, 4) is 11.4 Å². The first kappa shape index (κ1) is 22.4. The van der Waals surface area contributed by atoms with Crippen LogP contribution >= 0.6 is 0 Å². The number of benzene rings is 2. The fourth-order valence-electron chi connectivity index (χ4n) is 4.88. The highest BCUT2D eigenvalue weighted by atomic mass is 16.5. The number of carbonyl (C=O) groups is 1. The van der Waals surface area contributed by atoms with Gasteiger partial charge in [0.1, 0.15) is 0 Å². The molecule has 0 bridgehead atoms. The summed E-state index contributed by atoms with van der Waals surface area (Å²) in [6.45, 7) is 7.11. The molecule has 2 aromatic carbocycles. The van der Waals surface area contributed by atoms with Gasteiger partial charge in [-0.2, -0.15) is 4.98 Å². The molecule has 2 fully saturated rings. The summed E-state index contributed by atoms with van der Waals surface area (Å²) in [6.07, 6.45) is 6.10. The average Bonchev–Trinajstić information content (AvgIpc) is 3.37. The highest BCUT2D eigenvalue weighted by Gasteiger charge is 2.23. The average molecular weight is 460 g/mol. The number of anilines is 2. The number of hydrogen-bond donors (Lipinski definition) is 1. The Morgan fingerprint density at radius 2 is 1.68 bits per heavy atom. The Kier molecular flexibility index (Phi) is 6.52. The molecule has 1 saturated carbocycles. The Morgan fingerprint density at radius 3 is 2.38 bits per heavy atom. The van der Waals surface area contributed by atoms with Crippen molar-refractivity contribution in [2.75, 3.05) is 36.4 Å². The van der Waals surface area contributed by atoms with Gasteiger partial charge in [-0.3, -0.25) is 0 Å². The van der Waals surface area contributed by atoms with Gasteiger partial charge in [-0.1, -0.05) is 30.5 Å². The predicted molar refractivity (Wildman–Crippen MR) is 134 cm³/mol. The van der Waals surface area contributed by atoms with E-state index in [2.05, 4.69) is 58.5 Å². The zero-order valence-corrected chi connectivity index (χ0v) is 20.1. The number of piperazine rings is 1. The maximum Gasteiger partial charge on any atom is 0.321 e. The van der Waals surface area contributed by atoms with Crippen LogP contribution in [0.15, 0.2) is 47.0 Å². The van der Waals surface area contributed by atoms with E-state index in [4.69, 9.17) is 4.52 Å². The van der Waals surface area contributed by atoms with Gasteiger partial charge in [-0.15, -0.1) is 0 Å². The molecule has 0 atom stereocenters. The summed E-state index contributed by atoms with van der Waals surface area (Å²) in [5.74, 6) is 1.87. The first-order chi connectivity index (χ1) is 16.6. The van der Waals surface area contributed by atoms with Crippen molar-refractivity contribution in [3.05, 3.63) is 59.5 Å². The SMILES string of the molecule is Cc1ccc(NC(=O)N2CCN(c3ccc(-c4noc(C5CCCCC5)n4)cc3)CC2)cc1C. The third-order valence-electron chi connectivity index (χ3n) is 7.21. The van der Waals surface area contributed by atoms with Crippen LogP contribution in [0.25, 0.3) is 11.4 Å². The largest absolute Gasteiger partial charge is 0.368 e. The third kappa shape index (κ3) is 4.93. The maximum absolute atomic E-state index is 12.7. The van der Waals surface area contributed by atoms with Gasteiger partial charge in [0.15, 0.2) is 0 Å². The second-order valence-electron chi connectivity index (χ2n) is 9.54. The number of nitrogens with one attached hydrogen (secondary N) is 1. The maximum atomic E-state index is 12.7. The van der Waals surface area contributed by atoms with Crippen molar-refractivity contribution < 1.29 is 9.32 Å². The predicted octanol–water partition coefficient (Wildman–Crippen LogP) is 5.76. The molecule has 1 aliphatic heterocycles. The Hall–Kier alpha value is -3.35. The number of aromatic nitrogens is 2. The molecule has 2 aliphatic rings. The highest BCUT2D eigenvalue weighted by molar-refractivity contribution is 5.89. The van der Waals surface area contributed by atoms with Gasteiger partial charge < -0.3 is 19.6 Å². The Morgan fingerprint density at radius 1 is 0.941 bits per heavy atom. The molecule has 178 valence electrons. The number of urea groups is 1. The standard InChI is InChI=1S/C27H33N5O2/c1-19-8-11-23(18-20(19)2)28-27(33)32-16-14-31(15-17-32)24-12-9-21(10-13-24)25-29-26(34-30-25)22-6-4-3-5-7-22/h8-13,18,22H,3-7,14-17H2,1-2H3,(H,28,33). The second-order valence-corrected chi connectivity index (χ2v) is 9.54. The molecule has 0 radical (unpaired) electrons. The van der Waals surface area contributed by atoms with Crippen LogP contribution in [0, 0.1) is 13.8 Å². The van der Waals surface area contributed by atoms with Crippen LogP contribution in [-0.2, 0) is 0 Å². The van der Waals surface area contributed by atoms with Gasteiger partial charge in [0, 0.05) is 49.0 Å². The highest BCUT2D eigenvalue weighted by Crippen LogP contribution is 2.32. The molecular formula is C27H33N5O2. The molecule has 3 aromatic rings. The number of hydrogen-bond acceptors (Lipinski definition) is 5. The smallest absolute Gasteiger partial charge is 0.321 e. The minimum Gasteiger partial charge on any atom is -0.368 e. The number of rotatable bonds is 4. The minimum atomic E-state index is -0.0378. The first-order valence-electron chi connectivity index (χ1n) is 12.4. The topological polar surface area (TPSA) is 74.5 Å². The molecule has 0 unspecified atom stereocenters. The van der Waals surface area contributed by atoms with Crippen LogP contribution in [0.3, 0.4) is 0 Å². The van der Waals surface area contributed by atoms with E-state index in [0.717, 1.165) is 48.8 Å². The van der Waals surface area contributed by atoms with Gasteiger partial charge >= 0.3 is 6.03 Å².